The van der Waals surface area contributed by atoms with Crippen molar-refractivity contribution in [2.75, 3.05) is 13.7 Å². The van der Waals surface area contributed by atoms with Gasteiger partial charge < -0.3 is 14.7 Å². The summed E-state index contributed by atoms with van der Waals surface area (Å²) >= 11 is 0. The summed E-state index contributed by atoms with van der Waals surface area (Å²) < 4.78 is 4.83. The minimum atomic E-state index is -1.02. The third kappa shape index (κ3) is 3.79. The minimum Gasteiger partial charge on any atom is -0.478 e. The van der Waals surface area contributed by atoms with Crippen LogP contribution in [0.15, 0.2) is 41.1 Å². The molecule has 0 atom stereocenters. The normalized spacial score (nSPS) is 16.1. The molecule has 1 aliphatic rings. The maximum absolute atomic E-state index is 12.8. The molecule has 1 aromatic carbocycles. The fourth-order valence-electron chi connectivity index (χ4n) is 2.70. The van der Waals surface area contributed by atoms with Crippen molar-refractivity contribution in [3.8, 4) is 0 Å². The number of amides is 1. The van der Waals surface area contributed by atoms with Gasteiger partial charge in [0.15, 0.2) is 0 Å². The van der Waals surface area contributed by atoms with Gasteiger partial charge in [0.1, 0.15) is 0 Å². The molecule has 2 rings (SSSR count). The lowest BCUT2D eigenvalue weighted by Gasteiger charge is -2.19. The minimum absolute atomic E-state index is 0.154. The van der Waals surface area contributed by atoms with Gasteiger partial charge in [-0.2, -0.15) is 0 Å². The lowest BCUT2D eigenvalue weighted by atomic mass is 10.0. The van der Waals surface area contributed by atoms with Gasteiger partial charge in [0.05, 0.1) is 23.8 Å². The molecule has 1 aromatic rings. The van der Waals surface area contributed by atoms with E-state index in [0.29, 0.717) is 17.8 Å². The number of carbonyl (C=O) groups excluding carboxylic acids is 2. The molecule has 0 fully saturated rings. The van der Waals surface area contributed by atoms with Crippen LogP contribution in [0.25, 0.3) is 6.08 Å². The second kappa shape index (κ2) is 7.34. The number of rotatable bonds is 5. The average molecular weight is 343 g/mol. The van der Waals surface area contributed by atoms with Crippen LogP contribution in [0.3, 0.4) is 0 Å². The molecule has 0 saturated carbocycles. The Kier molecular flexibility index (Phi) is 5.41. The van der Waals surface area contributed by atoms with Gasteiger partial charge in [-0.1, -0.05) is 26.0 Å². The molecule has 25 heavy (non-hydrogen) atoms. The van der Waals surface area contributed by atoms with Crippen LogP contribution in [-0.2, 0) is 14.3 Å². The highest BCUT2D eigenvalue weighted by molar-refractivity contribution is 6.16. The smallest absolute Gasteiger partial charge is 0.340 e. The molecule has 0 spiro atoms. The number of hydrogen-bond donors (Lipinski definition) is 1. The highest BCUT2D eigenvalue weighted by atomic mass is 16.5. The van der Waals surface area contributed by atoms with E-state index in [0.717, 1.165) is 0 Å². The van der Waals surface area contributed by atoms with E-state index >= 15 is 0 Å². The Hall–Kier alpha value is -2.89. The number of ether oxygens (including phenoxy) is 1. The number of carbonyl (C=O) groups is 3. The molecule has 0 unspecified atom stereocenters. The largest absolute Gasteiger partial charge is 0.478 e. The third-order valence-corrected chi connectivity index (χ3v) is 3.92. The standard InChI is InChI=1S/C19H21NO5/c1-11(2)10-20-12(3)16(19(24)25-4)15(17(20)21)9-13-5-7-14(8-6-13)18(22)23/h5-9,11H,10H2,1-4H3,(H,22,23)/b15-9-. The fourth-order valence-corrected chi connectivity index (χ4v) is 2.70. The Balaban J connectivity index is 2.47. The quantitative estimate of drug-likeness (QED) is 0.656. The Bertz CT molecular complexity index is 772. The number of hydrogen-bond acceptors (Lipinski definition) is 4. The number of esters is 1. The summed E-state index contributed by atoms with van der Waals surface area (Å²) in [5.41, 5.74) is 1.86. The molecule has 6 nitrogen and oxygen atoms in total. The molecule has 132 valence electrons. The Labute approximate surface area is 146 Å². The van der Waals surface area contributed by atoms with E-state index in [1.54, 1.807) is 30.0 Å². The van der Waals surface area contributed by atoms with Crippen molar-refractivity contribution in [3.05, 3.63) is 52.2 Å². The van der Waals surface area contributed by atoms with Crippen LogP contribution in [0.5, 0.6) is 0 Å². The lowest BCUT2D eigenvalue weighted by Crippen LogP contribution is -2.28. The van der Waals surface area contributed by atoms with Gasteiger partial charge in [-0.3, -0.25) is 4.79 Å². The highest BCUT2D eigenvalue weighted by Crippen LogP contribution is 2.32. The molecule has 0 saturated heterocycles. The Morgan fingerprint density at radius 3 is 2.32 bits per heavy atom. The van der Waals surface area contributed by atoms with E-state index in [9.17, 15) is 14.4 Å². The van der Waals surface area contributed by atoms with Crippen molar-refractivity contribution < 1.29 is 24.2 Å². The average Bonchev–Trinajstić information content (AvgIpc) is 2.79. The first-order chi connectivity index (χ1) is 11.8. The van der Waals surface area contributed by atoms with Crippen molar-refractivity contribution in [1.82, 2.24) is 4.90 Å². The molecule has 1 aliphatic heterocycles. The van der Waals surface area contributed by atoms with E-state index in [4.69, 9.17) is 9.84 Å². The van der Waals surface area contributed by atoms with E-state index in [1.807, 2.05) is 13.8 Å². The molecular formula is C19H21NO5. The number of methoxy groups -OCH3 is 1. The second-order valence-electron chi connectivity index (χ2n) is 6.25. The highest BCUT2D eigenvalue weighted by Gasteiger charge is 2.37. The predicted molar refractivity (Wildman–Crippen MR) is 92.6 cm³/mol. The molecule has 0 aliphatic carbocycles. The van der Waals surface area contributed by atoms with Gasteiger partial charge in [0.25, 0.3) is 5.91 Å². The fraction of sp³-hybridized carbons (Fsp3) is 0.316. The van der Waals surface area contributed by atoms with Crippen LogP contribution in [0, 0.1) is 5.92 Å². The Morgan fingerprint density at radius 1 is 1.24 bits per heavy atom. The summed E-state index contributed by atoms with van der Waals surface area (Å²) in [5.74, 6) is -1.60. The SMILES string of the molecule is COC(=O)C1=C(C)N(CC(C)C)C(=O)/C1=C\c1ccc(C(=O)O)cc1. The number of allylic oxidation sites excluding steroid dienone is 1. The topological polar surface area (TPSA) is 83.9 Å². The maximum Gasteiger partial charge on any atom is 0.340 e. The lowest BCUT2D eigenvalue weighted by molar-refractivity contribution is -0.136. The van der Waals surface area contributed by atoms with Crippen molar-refractivity contribution in [2.45, 2.75) is 20.8 Å². The van der Waals surface area contributed by atoms with Crippen molar-refractivity contribution in [3.63, 3.8) is 0 Å². The number of carboxylic acids is 1. The molecule has 6 heteroatoms. The molecule has 1 N–H and O–H groups in total. The molecular weight excluding hydrogens is 322 g/mol. The van der Waals surface area contributed by atoms with E-state index in [2.05, 4.69) is 0 Å². The van der Waals surface area contributed by atoms with Gasteiger partial charge in [0, 0.05) is 12.2 Å². The second-order valence-corrected chi connectivity index (χ2v) is 6.25. The zero-order chi connectivity index (χ0) is 18.7. The van der Waals surface area contributed by atoms with Gasteiger partial charge in [-0.15, -0.1) is 0 Å². The zero-order valence-electron chi connectivity index (χ0n) is 14.7. The van der Waals surface area contributed by atoms with Crippen LogP contribution < -0.4 is 0 Å². The van der Waals surface area contributed by atoms with E-state index < -0.39 is 11.9 Å². The number of carboxylic acid groups (broad SMARTS) is 1. The van der Waals surface area contributed by atoms with Crippen LogP contribution in [0.2, 0.25) is 0 Å². The van der Waals surface area contributed by atoms with Gasteiger partial charge in [-0.25, -0.2) is 9.59 Å². The summed E-state index contributed by atoms with van der Waals surface area (Å²) in [6, 6.07) is 6.10. The van der Waals surface area contributed by atoms with Crippen LogP contribution >= 0.6 is 0 Å². The van der Waals surface area contributed by atoms with Gasteiger partial charge in [-0.05, 0) is 36.6 Å². The van der Waals surface area contributed by atoms with Gasteiger partial charge in [0.2, 0.25) is 0 Å². The van der Waals surface area contributed by atoms with E-state index in [-0.39, 0.29) is 28.5 Å². The first kappa shape index (κ1) is 18.4. The summed E-state index contributed by atoms with van der Waals surface area (Å²) in [7, 11) is 1.28. The van der Waals surface area contributed by atoms with Gasteiger partial charge >= 0.3 is 11.9 Å². The van der Waals surface area contributed by atoms with E-state index in [1.165, 1.54) is 19.2 Å². The van der Waals surface area contributed by atoms with Crippen molar-refractivity contribution in [2.24, 2.45) is 5.92 Å². The number of benzene rings is 1. The monoisotopic (exact) mass is 343 g/mol. The molecule has 0 bridgehead atoms. The molecule has 0 aromatic heterocycles. The van der Waals surface area contributed by atoms with Crippen LogP contribution in [0.1, 0.15) is 36.7 Å². The van der Waals surface area contributed by atoms with Crippen molar-refractivity contribution in [1.29, 1.82) is 0 Å². The summed E-state index contributed by atoms with van der Waals surface area (Å²) in [4.78, 5) is 37.5. The maximum atomic E-state index is 12.8. The molecule has 1 amide bonds. The first-order valence-corrected chi connectivity index (χ1v) is 7.92. The number of aromatic carboxylic acids is 1. The third-order valence-electron chi connectivity index (χ3n) is 3.92. The Morgan fingerprint density at radius 2 is 1.84 bits per heavy atom. The summed E-state index contributed by atoms with van der Waals surface area (Å²) in [6.07, 6.45) is 1.59. The zero-order valence-corrected chi connectivity index (χ0v) is 14.7. The molecule has 0 radical (unpaired) electrons. The summed E-state index contributed by atoms with van der Waals surface area (Å²) in [5, 5.41) is 8.96. The van der Waals surface area contributed by atoms with Crippen LogP contribution in [0.4, 0.5) is 0 Å². The van der Waals surface area contributed by atoms with Crippen LogP contribution in [-0.4, -0.2) is 41.5 Å². The number of nitrogens with zero attached hydrogens (tertiary/aromatic N) is 1. The predicted octanol–water partition coefficient (Wildman–Crippen LogP) is 2.71. The first-order valence-electron chi connectivity index (χ1n) is 7.92. The van der Waals surface area contributed by atoms with Crippen molar-refractivity contribution >= 4 is 23.9 Å². The molecule has 1 heterocycles. The summed E-state index contributed by atoms with van der Waals surface area (Å²) in [6.45, 7) is 6.21.